The number of non-ortho nitro benzene ring substituents is 1. The van der Waals surface area contributed by atoms with Crippen LogP contribution in [-0.4, -0.2) is 21.0 Å². The molecule has 4 aromatic rings. The number of benzene rings is 3. The Kier molecular flexibility index (Phi) is 4.55. The number of carbonyl (C=O) groups is 1. The Labute approximate surface area is 182 Å². The molecule has 8 heteroatoms. The van der Waals surface area contributed by atoms with Crippen molar-refractivity contribution < 1.29 is 14.1 Å². The zero-order chi connectivity index (χ0) is 22.4. The number of H-pyrrole nitrogens is 1. The summed E-state index contributed by atoms with van der Waals surface area (Å²) in [5.41, 5.74) is 4.39. The number of aromatic nitrogens is 2. The second-order valence-electron chi connectivity index (χ2n) is 7.63. The summed E-state index contributed by atoms with van der Waals surface area (Å²) < 4.78 is 13.6. The quantitative estimate of drug-likeness (QED) is 0.358. The zero-order valence-electron chi connectivity index (χ0n) is 16.9. The van der Waals surface area contributed by atoms with Crippen molar-refractivity contribution in [3.63, 3.8) is 0 Å². The van der Waals surface area contributed by atoms with E-state index in [-0.39, 0.29) is 11.6 Å². The summed E-state index contributed by atoms with van der Waals surface area (Å²) >= 11 is 0. The third-order valence-electron chi connectivity index (χ3n) is 5.59. The molecule has 0 bridgehead atoms. The van der Waals surface area contributed by atoms with Gasteiger partial charge in [-0.15, -0.1) is 0 Å². The molecule has 0 saturated carbocycles. The fraction of sp³-hybridized carbons (Fsp3) is 0.0833. The average Bonchev–Trinajstić information content (AvgIpc) is 3.34. The van der Waals surface area contributed by atoms with Gasteiger partial charge in [0.1, 0.15) is 11.5 Å². The van der Waals surface area contributed by atoms with E-state index in [9.17, 15) is 19.3 Å². The van der Waals surface area contributed by atoms with Crippen LogP contribution >= 0.6 is 0 Å². The SMILES string of the molecule is Cc1ccc(-c2n[nH]c3c2[C@H](c2cccc([N+](=O)[O-])c2)N(c2ccc(F)cc2)C3=O)cc1. The molecule has 158 valence electrons. The molecule has 3 aromatic carbocycles. The normalized spacial score (nSPS) is 15.1. The van der Waals surface area contributed by atoms with Crippen molar-refractivity contribution in [3.05, 3.63) is 111 Å². The molecule has 1 aromatic heterocycles. The van der Waals surface area contributed by atoms with Crippen LogP contribution in [0.15, 0.2) is 72.8 Å². The number of nitrogens with one attached hydrogen (secondary N) is 1. The summed E-state index contributed by atoms with van der Waals surface area (Å²) in [6, 6.07) is 18.8. The minimum absolute atomic E-state index is 0.0807. The number of halogens is 1. The maximum Gasteiger partial charge on any atom is 0.277 e. The molecule has 1 amide bonds. The van der Waals surface area contributed by atoms with Crippen LogP contribution in [0.2, 0.25) is 0 Å². The lowest BCUT2D eigenvalue weighted by Gasteiger charge is -2.26. The predicted molar refractivity (Wildman–Crippen MR) is 117 cm³/mol. The van der Waals surface area contributed by atoms with E-state index in [1.165, 1.54) is 41.3 Å². The molecular formula is C24H17FN4O3. The molecule has 0 fully saturated rings. The van der Waals surface area contributed by atoms with Crippen molar-refractivity contribution in [2.75, 3.05) is 4.90 Å². The van der Waals surface area contributed by atoms with Gasteiger partial charge in [-0.05, 0) is 36.8 Å². The minimum atomic E-state index is -0.669. The molecule has 32 heavy (non-hydrogen) atoms. The second kappa shape index (κ2) is 7.42. The van der Waals surface area contributed by atoms with Gasteiger partial charge in [-0.3, -0.25) is 24.9 Å². The van der Waals surface area contributed by atoms with E-state index in [4.69, 9.17) is 0 Å². The van der Waals surface area contributed by atoms with E-state index in [1.807, 2.05) is 31.2 Å². The molecule has 1 atom stereocenters. The molecule has 0 saturated heterocycles. The summed E-state index contributed by atoms with van der Waals surface area (Å²) in [5, 5.41) is 18.6. The van der Waals surface area contributed by atoms with Crippen molar-refractivity contribution in [1.29, 1.82) is 0 Å². The Morgan fingerprint density at radius 3 is 2.47 bits per heavy atom. The van der Waals surface area contributed by atoms with Crippen LogP contribution in [0.4, 0.5) is 15.8 Å². The van der Waals surface area contributed by atoms with Gasteiger partial charge in [0.05, 0.1) is 16.7 Å². The standard InChI is InChI=1S/C24H17FN4O3/c1-14-5-7-15(8-6-14)21-20-22(27-26-21)24(30)28(18-11-9-17(25)10-12-18)23(20)16-3-2-4-19(13-16)29(31)32/h2-13,23H,1H3,(H,26,27)/t23-/m0/s1. The molecule has 1 aliphatic heterocycles. The van der Waals surface area contributed by atoms with Gasteiger partial charge in [0, 0.05) is 28.9 Å². The predicted octanol–water partition coefficient (Wildman–Crippen LogP) is 5.18. The van der Waals surface area contributed by atoms with Gasteiger partial charge in [0.2, 0.25) is 0 Å². The van der Waals surface area contributed by atoms with Crippen LogP contribution in [0.25, 0.3) is 11.3 Å². The highest BCUT2D eigenvalue weighted by Crippen LogP contribution is 2.45. The first kappa shape index (κ1) is 19.6. The van der Waals surface area contributed by atoms with Gasteiger partial charge in [-0.2, -0.15) is 5.10 Å². The molecule has 5 rings (SSSR count). The number of nitro benzene ring substituents is 1. The number of carbonyl (C=O) groups excluding carboxylic acids is 1. The maximum absolute atomic E-state index is 13.6. The molecule has 1 N–H and O–H groups in total. The van der Waals surface area contributed by atoms with E-state index >= 15 is 0 Å². The average molecular weight is 428 g/mol. The van der Waals surface area contributed by atoms with Crippen LogP contribution in [0.3, 0.4) is 0 Å². The molecule has 7 nitrogen and oxygen atoms in total. The lowest BCUT2D eigenvalue weighted by molar-refractivity contribution is -0.384. The summed E-state index contributed by atoms with van der Waals surface area (Å²) in [5.74, 6) is -0.762. The van der Waals surface area contributed by atoms with E-state index < -0.39 is 16.8 Å². The number of anilines is 1. The highest BCUT2D eigenvalue weighted by atomic mass is 19.1. The van der Waals surface area contributed by atoms with E-state index in [1.54, 1.807) is 12.1 Å². The Bertz CT molecular complexity index is 1350. The Hall–Kier alpha value is -4.33. The second-order valence-corrected chi connectivity index (χ2v) is 7.63. The number of hydrogen-bond acceptors (Lipinski definition) is 4. The minimum Gasteiger partial charge on any atom is -0.295 e. The van der Waals surface area contributed by atoms with Crippen LogP contribution in [0.5, 0.6) is 0 Å². The molecule has 0 spiro atoms. The monoisotopic (exact) mass is 428 g/mol. The van der Waals surface area contributed by atoms with Gasteiger partial charge in [0.25, 0.3) is 11.6 Å². The third-order valence-corrected chi connectivity index (χ3v) is 5.59. The van der Waals surface area contributed by atoms with Crippen molar-refractivity contribution in [2.45, 2.75) is 13.0 Å². The fourth-order valence-electron chi connectivity index (χ4n) is 4.07. The number of nitro groups is 1. The molecule has 1 aliphatic rings. The summed E-state index contributed by atoms with van der Waals surface area (Å²) in [6.07, 6.45) is 0. The van der Waals surface area contributed by atoms with Gasteiger partial charge in [-0.1, -0.05) is 42.0 Å². The topological polar surface area (TPSA) is 92.1 Å². The molecule has 0 aliphatic carbocycles. The van der Waals surface area contributed by atoms with E-state index in [0.717, 1.165) is 11.1 Å². The van der Waals surface area contributed by atoms with Crippen molar-refractivity contribution in [3.8, 4) is 11.3 Å². The largest absolute Gasteiger partial charge is 0.295 e. The lowest BCUT2D eigenvalue weighted by Crippen LogP contribution is -2.29. The molecule has 0 radical (unpaired) electrons. The zero-order valence-corrected chi connectivity index (χ0v) is 16.9. The van der Waals surface area contributed by atoms with E-state index in [2.05, 4.69) is 10.2 Å². The number of rotatable bonds is 4. The van der Waals surface area contributed by atoms with Gasteiger partial charge >= 0.3 is 0 Å². The number of aryl methyl sites for hydroxylation is 1. The Balaban J connectivity index is 1.73. The number of nitrogens with zero attached hydrogens (tertiary/aromatic N) is 3. The number of hydrogen-bond donors (Lipinski definition) is 1. The Morgan fingerprint density at radius 1 is 1.06 bits per heavy atom. The first-order chi connectivity index (χ1) is 15.4. The smallest absolute Gasteiger partial charge is 0.277 e. The van der Waals surface area contributed by atoms with Gasteiger partial charge in [-0.25, -0.2) is 4.39 Å². The van der Waals surface area contributed by atoms with Gasteiger partial charge in [0.15, 0.2) is 0 Å². The molecule has 2 heterocycles. The first-order valence-electron chi connectivity index (χ1n) is 9.93. The van der Waals surface area contributed by atoms with Crippen molar-refractivity contribution in [1.82, 2.24) is 10.2 Å². The van der Waals surface area contributed by atoms with Crippen LogP contribution < -0.4 is 4.90 Å². The number of fused-ring (bicyclic) bond motifs is 1. The number of amides is 1. The summed E-state index contributed by atoms with van der Waals surface area (Å²) in [6.45, 7) is 1.98. The number of aromatic amines is 1. The summed E-state index contributed by atoms with van der Waals surface area (Å²) in [7, 11) is 0. The highest BCUT2D eigenvalue weighted by molar-refractivity contribution is 6.11. The summed E-state index contributed by atoms with van der Waals surface area (Å²) in [4.78, 5) is 25.9. The molecular weight excluding hydrogens is 411 g/mol. The van der Waals surface area contributed by atoms with Gasteiger partial charge < -0.3 is 0 Å². The van der Waals surface area contributed by atoms with Crippen LogP contribution in [0, 0.1) is 22.9 Å². The van der Waals surface area contributed by atoms with Crippen molar-refractivity contribution >= 4 is 17.3 Å². The highest BCUT2D eigenvalue weighted by Gasteiger charge is 2.43. The van der Waals surface area contributed by atoms with E-state index in [0.29, 0.717) is 28.2 Å². The Morgan fingerprint density at radius 2 is 1.78 bits per heavy atom. The first-order valence-corrected chi connectivity index (χ1v) is 9.93. The maximum atomic E-state index is 13.6. The lowest BCUT2D eigenvalue weighted by atomic mass is 9.95. The van der Waals surface area contributed by atoms with Crippen LogP contribution in [-0.2, 0) is 0 Å². The van der Waals surface area contributed by atoms with Crippen molar-refractivity contribution in [2.24, 2.45) is 0 Å². The van der Waals surface area contributed by atoms with Crippen LogP contribution in [0.1, 0.15) is 33.2 Å². The molecule has 0 unspecified atom stereocenters. The fourth-order valence-corrected chi connectivity index (χ4v) is 4.07. The third kappa shape index (κ3) is 3.13.